The molecule has 0 spiro atoms. The fourth-order valence-corrected chi connectivity index (χ4v) is 3.98. The monoisotopic (exact) mass is 381 g/mol. The van der Waals surface area contributed by atoms with Crippen LogP contribution in [0.3, 0.4) is 0 Å². The average molecular weight is 381 g/mol. The molecule has 5 heteroatoms. The lowest BCUT2D eigenvalue weighted by atomic mass is 10.1. The second-order valence-corrected chi connectivity index (χ2v) is 7.42. The molecular weight excluding hydrogens is 362 g/mol. The van der Waals surface area contributed by atoms with Gasteiger partial charge < -0.3 is 9.30 Å². The fourth-order valence-electron chi connectivity index (χ4n) is 3.98. The summed E-state index contributed by atoms with van der Waals surface area (Å²) >= 11 is 0. The molecule has 3 aromatic carbocycles. The van der Waals surface area contributed by atoms with Crippen LogP contribution in [0.15, 0.2) is 78.9 Å². The lowest BCUT2D eigenvalue weighted by Crippen LogP contribution is -2.08. The Morgan fingerprint density at radius 1 is 0.828 bits per heavy atom. The highest BCUT2D eigenvalue weighted by atomic mass is 16.6. The van der Waals surface area contributed by atoms with E-state index in [1.54, 1.807) is 12.1 Å². The van der Waals surface area contributed by atoms with Crippen LogP contribution in [0.2, 0.25) is 0 Å². The lowest BCUT2D eigenvalue weighted by molar-refractivity contribution is -0.384. The molecule has 0 fully saturated rings. The largest absolute Gasteiger partial charge is 0.378 e. The molecule has 0 unspecified atom stereocenters. The Hall–Kier alpha value is -3.86. The summed E-state index contributed by atoms with van der Waals surface area (Å²) in [5.74, 6) is 0. The third kappa shape index (κ3) is 2.70. The van der Waals surface area contributed by atoms with Crippen LogP contribution in [0.1, 0.15) is 0 Å². The van der Waals surface area contributed by atoms with Crippen molar-refractivity contribution in [1.29, 1.82) is 0 Å². The molecule has 0 radical (unpaired) electrons. The minimum atomic E-state index is -0.346. The van der Waals surface area contributed by atoms with Gasteiger partial charge in [-0.3, -0.25) is 10.1 Å². The molecule has 29 heavy (non-hydrogen) atoms. The predicted octanol–water partition coefficient (Wildman–Crippen LogP) is 5.89. The molecule has 0 saturated carbocycles. The number of pyridine rings is 1. The maximum absolute atomic E-state index is 11.2. The number of nitrogens with zero attached hydrogens (tertiary/aromatic N) is 3. The quantitative estimate of drug-likeness (QED) is 0.289. The first-order chi connectivity index (χ1) is 14.0. The van der Waals surface area contributed by atoms with Gasteiger partial charge in [0.2, 0.25) is 0 Å². The van der Waals surface area contributed by atoms with Gasteiger partial charge in [-0.1, -0.05) is 36.4 Å². The van der Waals surface area contributed by atoms with Gasteiger partial charge in [-0.25, -0.2) is 0 Å². The molecule has 0 saturated heterocycles. The van der Waals surface area contributed by atoms with E-state index in [0.29, 0.717) is 0 Å². The first kappa shape index (κ1) is 17.3. The van der Waals surface area contributed by atoms with Crippen molar-refractivity contribution < 1.29 is 4.92 Å². The van der Waals surface area contributed by atoms with Crippen molar-refractivity contribution in [1.82, 2.24) is 4.40 Å². The summed E-state index contributed by atoms with van der Waals surface area (Å²) < 4.78 is 2.20. The Bertz CT molecular complexity index is 1400. The molecule has 0 aliphatic heterocycles. The van der Waals surface area contributed by atoms with Crippen molar-refractivity contribution in [2.24, 2.45) is 0 Å². The van der Waals surface area contributed by atoms with Crippen molar-refractivity contribution in [3.8, 4) is 11.3 Å². The minimum Gasteiger partial charge on any atom is -0.378 e. The Morgan fingerprint density at radius 3 is 2.31 bits per heavy atom. The number of nitro groups is 1. The first-order valence-electron chi connectivity index (χ1n) is 9.42. The fraction of sp³-hybridized carbons (Fsp3) is 0.0833. The van der Waals surface area contributed by atoms with Crippen LogP contribution in [0.4, 0.5) is 11.4 Å². The van der Waals surface area contributed by atoms with Crippen LogP contribution in [-0.2, 0) is 0 Å². The van der Waals surface area contributed by atoms with Crippen LogP contribution in [0.25, 0.3) is 38.4 Å². The highest BCUT2D eigenvalue weighted by Gasteiger charge is 2.15. The molecule has 2 aromatic heterocycles. The van der Waals surface area contributed by atoms with Gasteiger partial charge in [0.15, 0.2) is 0 Å². The standard InChI is InChI=1S/C24H19N3O2/c1-25(2)19-9-7-16(8-10-19)23-14-17-5-3-4-6-21(17)24-15-18-13-20(27(28)29)11-12-22(18)26(23)24/h3-15H,1-2H3. The summed E-state index contributed by atoms with van der Waals surface area (Å²) in [4.78, 5) is 13.0. The number of anilines is 1. The molecule has 0 N–H and O–H groups in total. The molecule has 0 bridgehead atoms. The maximum Gasteiger partial charge on any atom is 0.270 e. The molecule has 5 nitrogen and oxygen atoms in total. The number of aromatic nitrogens is 1. The topological polar surface area (TPSA) is 50.8 Å². The molecular formula is C24H19N3O2. The van der Waals surface area contributed by atoms with Gasteiger partial charge in [0.25, 0.3) is 5.69 Å². The van der Waals surface area contributed by atoms with Crippen molar-refractivity contribution in [2.45, 2.75) is 0 Å². The van der Waals surface area contributed by atoms with Crippen molar-refractivity contribution >= 4 is 38.6 Å². The summed E-state index contributed by atoms with van der Waals surface area (Å²) in [5, 5.41) is 14.4. The van der Waals surface area contributed by atoms with E-state index in [9.17, 15) is 10.1 Å². The summed E-state index contributed by atoms with van der Waals surface area (Å²) in [6, 6.07) is 26.0. The molecule has 5 rings (SSSR count). The van der Waals surface area contributed by atoms with Crippen molar-refractivity contribution in [2.75, 3.05) is 19.0 Å². The van der Waals surface area contributed by atoms with Gasteiger partial charge in [0.1, 0.15) is 0 Å². The number of rotatable bonds is 3. The normalized spacial score (nSPS) is 11.4. The molecule has 0 amide bonds. The van der Waals surface area contributed by atoms with Gasteiger partial charge in [-0.05, 0) is 41.3 Å². The smallest absolute Gasteiger partial charge is 0.270 e. The number of fused-ring (bicyclic) bond motifs is 5. The van der Waals surface area contributed by atoms with Gasteiger partial charge in [0.05, 0.1) is 21.7 Å². The lowest BCUT2D eigenvalue weighted by Gasteiger charge is -2.15. The van der Waals surface area contributed by atoms with E-state index < -0.39 is 0 Å². The van der Waals surface area contributed by atoms with Gasteiger partial charge in [0, 0.05) is 42.7 Å². The summed E-state index contributed by atoms with van der Waals surface area (Å²) in [6.45, 7) is 0. The molecule has 0 aliphatic carbocycles. The molecule has 142 valence electrons. The molecule has 5 aromatic rings. The predicted molar refractivity (Wildman–Crippen MR) is 119 cm³/mol. The second kappa shape index (κ2) is 6.34. The number of non-ortho nitro benzene ring substituents is 1. The molecule has 0 aliphatic rings. The first-order valence-corrected chi connectivity index (χ1v) is 9.42. The van der Waals surface area contributed by atoms with Gasteiger partial charge >= 0.3 is 0 Å². The van der Waals surface area contributed by atoms with Crippen molar-refractivity contribution in [3.05, 3.63) is 89.0 Å². The van der Waals surface area contributed by atoms with Crippen LogP contribution in [-0.4, -0.2) is 23.4 Å². The zero-order valence-corrected chi connectivity index (χ0v) is 16.2. The summed E-state index contributed by atoms with van der Waals surface area (Å²) in [6.07, 6.45) is 0. The Balaban J connectivity index is 1.88. The number of nitro benzene ring substituents is 1. The zero-order chi connectivity index (χ0) is 20.1. The van der Waals surface area contributed by atoms with Gasteiger partial charge in [-0.2, -0.15) is 0 Å². The maximum atomic E-state index is 11.2. The number of benzene rings is 3. The Labute approximate surface area is 167 Å². The highest BCUT2D eigenvalue weighted by Crippen LogP contribution is 2.35. The van der Waals surface area contributed by atoms with Crippen molar-refractivity contribution in [3.63, 3.8) is 0 Å². The van der Waals surface area contributed by atoms with Crippen LogP contribution in [0, 0.1) is 10.1 Å². The van der Waals surface area contributed by atoms with Crippen LogP contribution < -0.4 is 4.90 Å². The summed E-state index contributed by atoms with van der Waals surface area (Å²) in [5.41, 5.74) is 5.41. The van der Waals surface area contributed by atoms with Crippen LogP contribution >= 0.6 is 0 Å². The SMILES string of the molecule is CN(C)c1ccc(-c2cc3ccccc3c3cc4cc([N+](=O)[O-])ccc4n23)cc1. The van der Waals surface area contributed by atoms with E-state index in [0.717, 1.165) is 44.1 Å². The Kier molecular flexibility index (Phi) is 3.77. The number of hydrogen-bond acceptors (Lipinski definition) is 3. The molecule has 2 heterocycles. The second-order valence-electron chi connectivity index (χ2n) is 7.42. The Morgan fingerprint density at radius 2 is 1.59 bits per heavy atom. The zero-order valence-electron chi connectivity index (χ0n) is 16.2. The third-order valence-corrected chi connectivity index (χ3v) is 5.45. The van der Waals surface area contributed by atoms with E-state index in [1.165, 1.54) is 0 Å². The van der Waals surface area contributed by atoms with E-state index in [2.05, 4.69) is 51.8 Å². The van der Waals surface area contributed by atoms with E-state index in [-0.39, 0.29) is 10.6 Å². The summed E-state index contributed by atoms with van der Waals surface area (Å²) in [7, 11) is 4.05. The van der Waals surface area contributed by atoms with E-state index in [1.807, 2.05) is 38.4 Å². The van der Waals surface area contributed by atoms with E-state index in [4.69, 9.17) is 0 Å². The highest BCUT2D eigenvalue weighted by molar-refractivity contribution is 6.05. The third-order valence-electron chi connectivity index (χ3n) is 5.45. The minimum absolute atomic E-state index is 0.106. The van der Waals surface area contributed by atoms with E-state index >= 15 is 0 Å². The van der Waals surface area contributed by atoms with Crippen LogP contribution in [0.5, 0.6) is 0 Å². The average Bonchev–Trinajstić information content (AvgIpc) is 3.12. The molecule has 0 atom stereocenters. The number of hydrogen-bond donors (Lipinski definition) is 0. The van der Waals surface area contributed by atoms with Gasteiger partial charge in [-0.15, -0.1) is 0 Å².